The number of hydrogen-bond acceptors (Lipinski definition) is 5. The average molecular weight is 441 g/mol. The first-order valence-electron chi connectivity index (χ1n) is 9.61. The zero-order valence-electron chi connectivity index (χ0n) is 17.5. The van der Waals surface area contributed by atoms with Gasteiger partial charge in [-0.1, -0.05) is 19.1 Å². The van der Waals surface area contributed by atoms with E-state index >= 15 is 0 Å². The Labute approximate surface area is 182 Å². The summed E-state index contributed by atoms with van der Waals surface area (Å²) < 4.78 is 38.9. The molecule has 0 heterocycles. The van der Waals surface area contributed by atoms with Crippen LogP contribution in [0.1, 0.15) is 22.8 Å². The SMILES string of the molecule is CCc1ccc(NS(=O)(=O)c2cc(C(=O)Nc3ccc(OC)cc3)ccc2OC)cc1. The number of rotatable bonds is 8. The van der Waals surface area contributed by atoms with Crippen LogP contribution in [0.5, 0.6) is 11.5 Å². The van der Waals surface area contributed by atoms with E-state index in [-0.39, 0.29) is 16.2 Å². The molecule has 0 radical (unpaired) electrons. The van der Waals surface area contributed by atoms with Gasteiger partial charge < -0.3 is 14.8 Å². The van der Waals surface area contributed by atoms with Crippen LogP contribution in [0.2, 0.25) is 0 Å². The van der Waals surface area contributed by atoms with Gasteiger partial charge in [-0.2, -0.15) is 0 Å². The third-order valence-corrected chi connectivity index (χ3v) is 6.08. The second-order valence-electron chi connectivity index (χ2n) is 6.70. The first-order chi connectivity index (χ1) is 14.9. The molecule has 31 heavy (non-hydrogen) atoms. The highest BCUT2D eigenvalue weighted by Gasteiger charge is 2.22. The van der Waals surface area contributed by atoms with E-state index < -0.39 is 15.9 Å². The van der Waals surface area contributed by atoms with Crippen LogP contribution in [0.25, 0.3) is 0 Å². The summed E-state index contributed by atoms with van der Waals surface area (Å²) >= 11 is 0. The van der Waals surface area contributed by atoms with Gasteiger partial charge >= 0.3 is 0 Å². The number of amides is 1. The minimum absolute atomic E-state index is 0.128. The minimum atomic E-state index is -3.99. The Balaban J connectivity index is 1.86. The van der Waals surface area contributed by atoms with Crippen molar-refractivity contribution in [2.75, 3.05) is 24.3 Å². The molecule has 0 aliphatic heterocycles. The van der Waals surface area contributed by atoms with Crippen molar-refractivity contribution in [1.82, 2.24) is 0 Å². The summed E-state index contributed by atoms with van der Waals surface area (Å²) in [6.07, 6.45) is 0.853. The molecule has 7 nitrogen and oxygen atoms in total. The second-order valence-corrected chi connectivity index (χ2v) is 8.36. The van der Waals surface area contributed by atoms with E-state index in [4.69, 9.17) is 9.47 Å². The topological polar surface area (TPSA) is 93.7 Å². The Morgan fingerprint density at radius 3 is 2.10 bits per heavy atom. The predicted octanol–water partition coefficient (Wildman–Crippen LogP) is 4.32. The number of anilines is 2. The van der Waals surface area contributed by atoms with Gasteiger partial charge in [-0.05, 0) is 66.6 Å². The lowest BCUT2D eigenvalue weighted by Crippen LogP contribution is -2.17. The number of hydrogen-bond donors (Lipinski definition) is 2. The van der Waals surface area contributed by atoms with Crippen molar-refractivity contribution < 1.29 is 22.7 Å². The molecule has 0 saturated carbocycles. The quantitative estimate of drug-likeness (QED) is 0.544. The lowest BCUT2D eigenvalue weighted by molar-refractivity contribution is 0.102. The number of sulfonamides is 1. The van der Waals surface area contributed by atoms with E-state index in [0.717, 1.165) is 12.0 Å². The number of methoxy groups -OCH3 is 2. The van der Waals surface area contributed by atoms with Gasteiger partial charge in [0.05, 0.1) is 14.2 Å². The molecule has 0 aromatic heterocycles. The number of carbonyl (C=O) groups is 1. The summed E-state index contributed by atoms with van der Waals surface area (Å²) in [7, 11) is -1.05. The number of ether oxygens (including phenoxy) is 2. The van der Waals surface area contributed by atoms with Crippen LogP contribution >= 0.6 is 0 Å². The normalized spacial score (nSPS) is 10.9. The Kier molecular flexibility index (Phi) is 6.81. The van der Waals surface area contributed by atoms with Crippen LogP contribution < -0.4 is 19.5 Å². The molecule has 162 valence electrons. The summed E-state index contributed by atoms with van der Waals surface area (Å²) in [6.45, 7) is 2.02. The molecule has 0 atom stereocenters. The van der Waals surface area contributed by atoms with Crippen molar-refractivity contribution in [3.05, 3.63) is 77.9 Å². The highest BCUT2D eigenvalue weighted by molar-refractivity contribution is 7.92. The second kappa shape index (κ2) is 9.53. The van der Waals surface area contributed by atoms with Crippen LogP contribution in [0, 0.1) is 0 Å². The molecule has 0 spiro atoms. The van der Waals surface area contributed by atoms with E-state index in [2.05, 4.69) is 10.0 Å². The molecule has 0 unspecified atom stereocenters. The maximum atomic E-state index is 13.0. The maximum absolute atomic E-state index is 13.0. The van der Waals surface area contributed by atoms with E-state index in [1.165, 1.54) is 25.3 Å². The standard InChI is InChI=1S/C23H24N2O5S/c1-4-16-5-8-19(9-6-16)25-31(27,28)22-15-17(7-14-21(22)30-3)23(26)24-18-10-12-20(29-2)13-11-18/h5-15,25H,4H2,1-3H3,(H,24,26). The van der Waals surface area contributed by atoms with E-state index in [1.54, 1.807) is 43.5 Å². The van der Waals surface area contributed by atoms with Gasteiger partial charge in [-0.25, -0.2) is 8.42 Å². The van der Waals surface area contributed by atoms with E-state index in [0.29, 0.717) is 17.1 Å². The predicted molar refractivity (Wildman–Crippen MR) is 121 cm³/mol. The monoisotopic (exact) mass is 440 g/mol. The largest absolute Gasteiger partial charge is 0.497 e. The van der Waals surface area contributed by atoms with Crippen LogP contribution in [-0.4, -0.2) is 28.5 Å². The molecule has 2 N–H and O–H groups in total. The van der Waals surface area contributed by atoms with Crippen molar-refractivity contribution in [2.45, 2.75) is 18.2 Å². The molecule has 0 fully saturated rings. The van der Waals surface area contributed by atoms with Gasteiger partial charge in [0.1, 0.15) is 16.4 Å². The van der Waals surface area contributed by atoms with Gasteiger partial charge in [0.25, 0.3) is 15.9 Å². The van der Waals surface area contributed by atoms with Crippen molar-refractivity contribution in [1.29, 1.82) is 0 Å². The molecule has 3 aromatic rings. The maximum Gasteiger partial charge on any atom is 0.265 e. The van der Waals surface area contributed by atoms with Crippen LogP contribution in [0.3, 0.4) is 0 Å². The Hall–Kier alpha value is -3.52. The fourth-order valence-corrected chi connectivity index (χ4v) is 4.18. The highest BCUT2D eigenvalue weighted by Crippen LogP contribution is 2.28. The number of benzene rings is 3. The summed E-state index contributed by atoms with van der Waals surface area (Å²) in [5.41, 5.74) is 2.25. The number of carbonyl (C=O) groups excluding carboxylic acids is 1. The van der Waals surface area contributed by atoms with Gasteiger partial charge in [0.15, 0.2) is 0 Å². The van der Waals surface area contributed by atoms with Gasteiger partial charge in [-0.15, -0.1) is 0 Å². The Bertz CT molecular complexity index is 1160. The zero-order chi connectivity index (χ0) is 22.4. The summed E-state index contributed by atoms with van der Waals surface area (Å²) in [5.74, 6) is 0.351. The third kappa shape index (κ3) is 5.35. The molecular weight excluding hydrogens is 416 g/mol. The van der Waals surface area contributed by atoms with Crippen LogP contribution in [0.4, 0.5) is 11.4 Å². The fourth-order valence-electron chi connectivity index (χ4n) is 2.92. The number of nitrogens with one attached hydrogen (secondary N) is 2. The molecule has 0 saturated heterocycles. The first kappa shape index (κ1) is 22.2. The van der Waals surface area contributed by atoms with Gasteiger partial charge in [0, 0.05) is 16.9 Å². The molecular formula is C23H24N2O5S. The molecule has 8 heteroatoms. The lowest BCUT2D eigenvalue weighted by atomic mass is 10.2. The van der Waals surface area contributed by atoms with Crippen LogP contribution in [0.15, 0.2) is 71.6 Å². The molecule has 1 amide bonds. The van der Waals surface area contributed by atoms with Crippen molar-refractivity contribution in [3.63, 3.8) is 0 Å². The first-order valence-corrected chi connectivity index (χ1v) is 11.1. The highest BCUT2D eigenvalue weighted by atomic mass is 32.2. The van der Waals surface area contributed by atoms with Gasteiger partial charge in [-0.3, -0.25) is 9.52 Å². The Morgan fingerprint density at radius 2 is 1.52 bits per heavy atom. The molecule has 0 aliphatic carbocycles. The van der Waals surface area contributed by atoms with Crippen LogP contribution in [-0.2, 0) is 16.4 Å². The Morgan fingerprint density at radius 1 is 0.871 bits per heavy atom. The molecule has 3 aromatic carbocycles. The smallest absolute Gasteiger partial charge is 0.265 e. The number of aryl methyl sites for hydroxylation is 1. The molecule has 0 bridgehead atoms. The average Bonchev–Trinajstić information content (AvgIpc) is 2.79. The van der Waals surface area contributed by atoms with Crippen molar-refractivity contribution in [2.24, 2.45) is 0 Å². The lowest BCUT2D eigenvalue weighted by Gasteiger charge is -2.14. The summed E-state index contributed by atoms with van der Waals surface area (Å²) in [5, 5.41) is 2.74. The van der Waals surface area contributed by atoms with E-state index in [9.17, 15) is 13.2 Å². The fraction of sp³-hybridized carbons (Fsp3) is 0.174. The van der Waals surface area contributed by atoms with Crippen molar-refractivity contribution >= 4 is 27.3 Å². The zero-order valence-corrected chi connectivity index (χ0v) is 18.3. The summed E-state index contributed by atoms with van der Waals surface area (Å²) in [4.78, 5) is 12.5. The van der Waals surface area contributed by atoms with Gasteiger partial charge in [0.2, 0.25) is 0 Å². The van der Waals surface area contributed by atoms with E-state index in [1.807, 2.05) is 19.1 Å². The summed E-state index contributed by atoms with van der Waals surface area (Å²) in [6, 6.07) is 18.2. The van der Waals surface area contributed by atoms with Crippen molar-refractivity contribution in [3.8, 4) is 11.5 Å². The minimum Gasteiger partial charge on any atom is -0.497 e. The molecule has 0 aliphatic rings. The molecule has 3 rings (SSSR count). The third-order valence-electron chi connectivity index (χ3n) is 4.68.